The molecule has 3 rings (SSSR count). The lowest BCUT2D eigenvalue weighted by Gasteiger charge is -2.35. The molecule has 3 fully saturated rings. The molecule has 1 spiro atoms. The molecule has 4 heteroatoms. The molecule has 1 aliphatic carbocycles. The molecule has 0 radical (unpaired) electrons. The van der Waals surface area contributed by atoms with Gasteiger partial charge in [-0.25, -0.2) is 0 Å². The molecular weight excluding hydrogens is 244 g/mol. The van der Waals surface area contributed by atoms with Crippen molar-refractivity contribution in [3.8, 4) is 0 Å². The molecule has 0 aromatic heterocycles. The molecule has 3 aliphatic rings. The van der Waals surface area contributed by atoms with Crippen molar-refractivity contribution in [1.29, 1.82) is 0 Å². The van der Waals surface area contributed by atoms with E-state index in [-0.39, 0.29) is 23.4 Å². The van der Waals surface area contributed by atoms with E-state index in [4.69, 9.17) is 9.47 Å². The first-order valence-electron chi connectivity index (χ1n) is 7.05. The summed E-state index contributed by atoms with van der Waals surface area (Å²) in [5.74, 6) is -0.277. The first kappa shape index (κ1) is 13.3. The molecule has 0 bridgehead atoms. The van der Waals surface area contributed by atoms with Gasteiger partial charge in [-0.2, -0.15) is 0 Å². The minimum Gasteiger partial charge on any atom is -0.385 e. The Hall–Kier alpha value is -0.710. The summed E-state index contributed by atoms with van der Waals surface area (Å²) < 4.78 is 11.5. The maximum atomic E-state index is 11.8. The van der Waals surface area contributed by atoms with E-state index in [2.05, 4.69) is 19.9 Å². The smallest absolute Gasteiger partial charge is 0.161 e. The number of carbonyl (C=O) groups excluding carboxylic acids is 1. The first-order chi connectivity index (χ1) is 8.89. The number of hydrogen-bond acceptors (Lipinski definition) is 4. The number of carbonyl (C=O) groups is 1. The predicted molar refractivity (Wildman–Crippen MR) is 69.7 cm³/mol. The maximum absolute atomic E-state index is 11.8. The lowest BCUT2D eigenvalue weighted by atomic mass is 9.69. The van der Waals surface area contributed by atoms with E-state index in [1.807, 2.05) is 6.92 Å². The average Bonchev–Trinajstić information content (AvgIpc) is 3.22. The van der Waals surface area contributed by atoms with E-state index in [0.717, 1.165) is 12.8 Å². The normalized spacial score (nSPS) is 48.2. The van der Waals surface area contributed by atoms with Crippen LogP contribution in [0.2, 0.25) is 0 Å². The molecule has 2 heterocycles. The maximum Gasteiger partial charge on any atom is 0.161 e. The molecule has 2 saturated heterocycles. The Bertz CT molecular complexity index is 433. The fourth-order valence-corrected chi connectivity index (χ4v) is 3.54. The van der Waals surface area contributed by atoms with Crippen LogP contribution in [0, 0.1) is 5.92 Å². The van der Waals surface area contributed by atoms with Crippen molar-refractivity contribution in [2.24, 2.45) is 5.92 Å². The van der Waals surface area contributed by atoms with Gasteiger partial charge < -0.3 is 14.6 Å². The van der Waals surface area contributed by atoms with Crippen molar-refractivity contribution >= 4 is 5.78 Å². The minimum atomic E-state index is -0.932. The highest BCUT2D eigenvalue weighted by Crippen LogP contribution is 2.58. The summed E-state index contributed by atoms with van der Waals surface area (Å²) in [5, 5.41) is 10.3. The van der Waals surface area contributed by atoms with E-state index in [0.29, 0.717) is 13.0 Å². The molecule has 0 amide bonds. The van der Waals surface area contributed by atoms with Crippen LogP contribution in [0.1, 0.15) is 40.0 Å². The fraction of sp³-hybridized carbons (Fsp3) is 0.800. The predicted octanol–water partition coefficient (Wildman–Crippen LogP) is 1.61. The molecule has 4 nitrogen and oxygen atoms in total. The number of ether oxygens (including phenoxy) is 2. The van der Waals surface area contributed by atoms with Gasteiger partial charge in [0, 0.05) is 6.42 Å². The van der Waals surface area contributed by atoms with Crippen molar-refractivity contribution in [3.05, 3.63) is 11.6 Å². The third kappa shape index (κ3) is 2.06. The lowest BCUT2D eigenvalue weighted by Crippen LogP contribution is -2.52. The van der Waals surface area contributed by atoms with Crippen LogP contribution >= 0.6 is 0 Å². The summed E-state index contributed by atoms with van der Waals surface area (Å²) in [7, 11) is 0. The van der Waals surface area contributed by atoms with E-state index in [1.54, 1.807) is 0 Å². The summed E-state index contributed by atoms with van der Waals surface area (Å²) in [6.45, 7) is 6.77. The van der Waals surface area contributed by atoms with E-state index < -0.39 is 11.7 Å². The summed E-state index contributed by atoms with van der Waals surface area (Å²) in [6, 6.07) is 0. The van der Waals surface area contributed by atoms with Crippen LogP contribution in [0.15, 0.2) is 11.6 Å². The van der Waals surface area contributed by atoms with Crippen LogP contribution < -0.4 is 0 Å². The van der Waals surface area contributed by atoms with Gasteiger partial charge >= 0.3 is 0 Å². The van der Waals surface area contributed by atoms with Gasteiger partial charge in [0.1, 0.15) is 17.3 Å². The number of epoxide rings is 2. The zero-order valence-electron chi connectivity index (χ0n) is 11.8. The lowest BCUT2D eigenvalue weighted by molar-refractivity contribution is -0.139. The Kier molecular flexibility index (Phi) is 2.89. The zero-order valence-corrected chi connectivity index (χ0v) is 11.8. The quantitative estimate of drug-likeness (QED) is 0.622. The molecule has 0 aromatic rings. The molecule has 19 heavy (non-hydrogen) atoms. The zero-order chi connectivity index (χ0) is 13.8. The van der Waals surface area contributed by atoms with E-state index >= 15 is 0 Å². The number of rotatable bonds is 3. The van der Waals surface area contributed by atoms with Crippen molar-refractivity contribution in [1.82, 2.24) is 0 Å². The highest BCUT2D eigenvalue weighted by molar-refractivity contribution is 5.85. The summed E-state index contributed by atoms with van der Waals surface area (Å²) in [5.41, 5.74) is 0.537. The van der Waals surface area contributed by atoms with E-state index in [1.165, 1.54) is 5.57 Å². The minimum absolute atomic E-state index is 0.0659. The van der Waals surface area contributed by atoms with Gasteiger partial charge in [-0.3, -0.25) is 4.79 Å². The van der Waals surface area contributed by atoms with Crippen LogP contribution in [0.25, 0.3) is 0 Å². The summed E-state index contributed by atoms with van der Waals surface area (Å²) in [6.07, 6.45) is 3.29. The monoisotopic (exact) mass is 266 g/mol. The number of allylic oxidation sites excluding steroid dienone is 1. The second kappa shape index (κ2) is 4.14. The number of hydrogen-bond donors (Lipinski definition) is 1. The number of Topliss-reactive ketones (excluding diaryl/α,β-unsaturated/α-hetero) is 1. The highest BCUT2D eigenvalue weighted by atomic mass is 16.6. The Morgan fingerprint density at radius 2 is 2.21 bits per heavy atom. The van der Waals surface area contributed by atoms with E-state index in [9.17, 15) is 9.90 Å². The van der Waals surface area contributed by atoms with Gasteiger partial charge in [-0.15, -0.1) is 0 Å². The fourth-order valence-electron chi connectivity index (χ4n) is 3.54. The van der Waals surface area contributed by atoms with Gasteiger partial charge in [0.25, 0.3) is 0 Å². The molecule has 1 N–H and O–H groups in total. The number of aliphatic hydroxyl groups excluding tert-OH is 1. The Balaban J connectivity index is 1.77. The van der Waals surface area contributed by atoms with Crippen molar-refractivity contribution in [3.63, 3.8) is 0 Å². The SMILES string of the molecule is CC(C)=CC[C@H]1OC1(C)C1[C@H](O)C(=O)CC[C@]12CO2. The number of aliphatic hydroxyl groups is 1. The average molecular weight is 266 g/mol. The van der Waals surface area contributed by atoms with Gasteiger partial charge in [0.15, 0.2) is 5.78 Å². The Morgan fingerprint density at radius 3 is 2.79 bits per heavy atom. The molecule has 2 aliphatic heterocycles. The molecule has 106 valence electrons. The van der Waals surface area contributed by atoms with Gasteiger partial charge in [-0.05, 0) is 33.6 Å². The van der Waals surface area contributed by atoms with Crippen LogP contribution in [0.5, 0.6) is 0 Å². The molecule has 0 aromatic carbocycles. The van der Waals surface area contributed by atoms with Crippen molar-refractivity contribution in [2.75, 3.05) is 6.61 Å². The molecular formula is C15H22O4. The summed E-state index contributed by atoms with van der Waals surface area (Å²) >= 11 is 0. The van der Waals surface area contributed by atoms with Gasteiger partial charge in [0.2, 0.25) is 0 Å². The van der Waals surface area contributed by atoms with Crippen LogP contribution in [-0.2, 0) is 14.3 Å². The van der Waals surface area contributed by atoms with Crippen LogP contribution in [0.4, 0.5) is 0 Å². The third-order valence-electron chi connectivity index (χ3n) is 4.86. The highest BCUT2D eigenvalue weighted by Gasteiger charge is 2.71. The standard InChI is InChI=1S/C15H22O4/c1-9(2)4-5-11-14(3,19-11)13-12(17)10(16)6-7-15(13)8-18-15/h4,11-13,17H,5-8H2,1-3H3/t11-,12-,13?,14?,15+/m1/s1. The van der Waals surface area contributed by atoms with Crippen LogP contribution in [0.3, 0.4) is 0 Å². The second-order valence-corrected chi connectivity index (χ2v) is 6.55. The molecule has 1 saturated carbocycles. The third-order valence-corrected chi connectivity index (χ3v) is 4.86. The summed E-state index contributed by atoms with van der Waals surface area (Å²) in [4.78, 5) is 11.8. The Morgan fingerprint density at radius 1 is 1.53 bits per heavy atom. The number of ketones is 1. The van der Waals surface area contributed by atoms with Crippen molar-refractivity contribution < 1.29 is 19.4 Å². The Labute approximate surface area is 113 Å². The van der Waals surface area contributed by atoms with Crippen molar-refractivity contribution in [2.45, 2.75) is 63.4 Å². The van der Waals surface area contributed by atoms with Crippen LogP contribution in [-0.4, -0.2) is 40.9 Å². The molecule has 5 atom stereocenters. The van der Waals surface area contributed by atoms with Gasteiger partial charge in [-0.1, -0.05) is 11.6 Å². The van der Waals surface area contributed by atoms with Gasteiger partial charge in [0.05, 0.1) is 18.6 Å². The topological polar surface area (TPSA) is 62.4 Å². The molecule has 2 unspecified atom stereocenters. The first-order valence-corrected chi connectivity index (χ1v) is 7.05. The largest absolute Gasteiger partial charge is 0.385 e. The second-order valence-electron chi connectivity index (χ2n) is 6.55.